The monoisotopic (exact) mass is 220 g/mol. The molecule has 1 aromatic carbocycles. The van der Waals surface area contributed by atoms with Gasteiger partial charge < -0.3 is 5.32 Å². The lowest BCUT2D eigenvalue weighted by molar-refractivity contribution is 0.911. The third-order valence-corrected chi connectivity index (χ3v) is 3.03. The Labute approximate surface area is 95.7 Å². The molecule has 0 aliphatic rings. The summed E-state index contributed by atoms with van der Waals surface area (Å²) in [5, 5.41) is 12.4. The first kappa shape index (κ1) is 11.9. The molecule has 0 heterocycles. The predicted molar refractivity (Wildman–Crippen MR) is 67.4 cm³/mol. The Bertz CT molecular complexity index is 368. The highest BCUT2D eigenvalue weighted by atomic mass is 32.2. The van der Waals surface area contributed by atoms with Gasteiger partial charge >= 0.3 is 0 Å². The van der Waals surface area contributed by atoms with E-state index >= 15 is 0 Å². The molecule has 0 fully saturated rings. The van der Waals surface area contributed by atoms with Gasteiger partial charge in [0.05, 0.1) is 11.3 Å². The lowest BCUT2D eigenvalue weighted by Gasteiger charge is -2.17. The van der Waals surface area contributed by atoms with Gasteiger partial charge in [0.2, 0.25) is 0 Å². The van der Waals surface area contributed by atoms with Crippen LogP contribution in [0.1, 0.15) is 18.1 Å². The Balaban J connectivity index is 2.88. The maximum Gasteiger partial charge on any atom is 0.101 e. The summed E-state index contributed by atoms with van der Waals surface area (Å²) in [7, 11) is 0. The number of nitrogens with zero attached hydrogens (tertiary/aromatic N) is 1. The lowest BCUT2D eigenvalue weighted by Crippen LogP contribution is -2.19. The van der Waals surface area contributed by atoms with Crippen molar-refractivity contribution in [1.29, 1.82) is 5.26 Å². The number of aryl methyl sites for hydroxylation is 1. The summed E-state index contributed by atoms with van der Waals surface area (Å²) in [5.41, 5.74) is 2.83. The van der Waals surface area contributed by atoms with Crippen LogP contribution in [-0.2, 0) is 0 Å². The highest BCUT2D eigenvalue weighted by Gasteiger charge is 2.07. The number of thioether (sulfide) groups is 1. The first-order valence-electron chi connectivity index (χ1n) is 4.94. The van der Waals surface area contributed by atoms with Crippen molar-refractivity contribution in [3.8, 4) is 6.07 Å². The lowest BCUT2D eigenvalue weighted by atomic mass is 10.1. The number of anilines is 1. The van der Waals surface area contributed by atoms with Crippen LogP contribution in [0, 0.1) is 18.3 Å². The summed E-state index contributed by atoms with van der Waals surface area (Å²) in [5.74, 6) is 1.04. The van der Waals surface area contributed by atoms with Gasteiger partial charge in [-0.05, 0) is 31.7 Å². The van der Waals surface area contributed by atoms with Gasteiger partial charge in [0, 0.05) is 11.8 Å². The van der Waals surface area contributed by atoms with Gasteiger partial charge in [-0.3, -0.25) is 0 Å². The highest BCUT2D eigenvalue weighted by molar-refractivity contribution is 7.98. The molecule has 0 spiro atoms. The van der Waals surface area contributed by atoms with Crippen molar-refractivity contribution in [2.75, 3.05) is 17.3 Å². The van der Waals surface area contributed by atoms with Crippen LogP contribution in [0.3, 0.4) is 0 Å². The summed E-state index contributed by atoms with van der Waals surface area (Å²) in [4.78, 5) is 0. The number of hydrogen-bond donors (Lipinski definition) is 1. The van der Waals surface area contributed by atoms with Gasteiger partial charge in [0.15, 0.2) is 0 Å². The quantitative estimate of drug-likeness (QED) is 0.847. The fourth-order valence-corrected chi connectivity index (χ4v) is 2.07. The van der Waals surface area contributed by atoms with E-state index in [-0.39, 0.29) is 0 Å². The minimum atomic E-state index is 0.383. The smallest absolute Gasteiger partial charge is 0.101 e. The number of benzene rings is 1. The maximum atomic E-state index is 8.99. The van der Waals surface area contributed by atoms with Crippen LogP contribution in [-0.4, -0.2) is 18.1 Å². The van der Waals surface area contributed by atoms with Crippen LogP contribution in [0.2, 0.25) is 0 Å². The predicted octanol–water partition coefficient (Wildman–Crippen LogP) is 3.03. The molecule has 1 aromatic rings. The second-order valence-corrected chi connectivity index (χ2v) is 4.52. The van der Waals surface area contributed by atoms with Gasteiger partial charge in [0.1, 0.15) is 6.07 Å². The summed E-state index contributed by atoms with van der Waals surface area (Å²) in [6, 6.07) is 8.38. The molecule has 2 nitrogen and oxygen atoms in total. The van der Waals surface area contributed by atoms with E-state index in [4.69, 9.17) is 5.26 Å². The molecule has 1 unspecified atom stereocenters. The maximum absolute atomic E-state index is 8.99. The average Bonchev–Trinajstić information content (AvgIpc) is 2.21. The fraction of sp³-hybridized carbons (Fsp3) is 0.417. The van der Waals surface area contributed by atoms with Crippen molar-refractivity contribution in [3.05, 3.63) is 29.3 Å². The van der Waals surface area contributed by atoms with Crippen molar-refractivity contribution in [2.45, 2.75) is 19.9 Å². The SMILES string of the molecule is CSCC(C)Nc1c(C)cccc1C#N. The molecule has 0 aromatic heterocycles. The zero-order valence-electron chi connectivity index (χ0n) is 9.37. The molecule has 1 N–H and O–H groups in total. The van der Waals surface area contributed by atoms with Crippen LogP contribution in [0.5, 0.6) is 0 Å². The molecule has 15 heavy (non-hydrogen) atoms. The van der Waals surface area contributed by atoms with Crippen LogP contribution < -0.4 is 5.32 Å². The fourth-order valence-electron chi connectivity index (χ4n) is 1.49. The molecule has 1 atom stereocenters. The van der Waals surface area contributed by atoms with E-state index in [2.05, 4.69) is 24.6 Å². The number of rotatable bonds is 4. The Hall–Kier alpha value is -1.14. The molecule has 0 saturated carbocycles. The zero-order valence-corrected chi connectivity index (χ0v) is 10.2. The minimum Gasteiger partial charge on any atom is -0.380 e. The van der Waals surface area contributed by atoms with Crippen molar-refractivity contribution in [2.24, 2.45) is 0 Å². The van der Waals surface area contributed by atoms with E-state index in [0.717, 1.165) is 22.6 Å². The summed E-state index contributed by atoms with van der Waals surface area (Å²) >= 11 is 1.80. The van der Waals surface area contributed by atoms with Crippen LogP contribution >= 0.6 is 11.8 Å². The topological polar surface area (TPSA) is 35.8 Å². The average molecular weight is 220 g/mol. The third-order valence-electron chi connectivity index (χ3n) is 2.20. The summed E-state index contributed by atoms with van der Waals surface area (Å²) < 4.78 is 0. The molecule has 3 heteroatoms. The van der Waals surface area contributed by atoms with Crippen molar-refractivity contribution in [3.63, 3.8) is 0 Å². The zero-order chi connectivity index (χ0) is 11.3. The van der Waals surface area contributed by atoms with E-state index < -0.39 is 0 Å². The molecular weight excluding hydrogens is 204 g/mol. The molecule has 1 rings (SSSR count). The van der Waals surface area contributed by atoms with Gasteiger partial charge in [-0.1, -0.05) is 12.1 Å². The first-order valence-corrected chi connectivity index (χ1v) is 6.33. The Morgan fingerprint density at radius 3 is 2.87 bits per heavy atom. The van der Waals surface area contributed by atoms with Gasteiger partial charge in [-0.2, -0.15) is 17.0 Å². The molecule has 0 amide bonds. The summed E-state index contributed by atoms with van der Waals surface area (Å²) in [6.45, 7) is 4.15. The largest absolute Gasteiger partial charge is 0.380 e. The standard InChI is InChI=1S/C12H16N2S/c1-9-5-4-6-11(7-13)12(9)14-10(2)8-15-3/h4-6,10,14H,8H2,1-3H3. The second-order valence-electron chi connectivity index (χ2n) is 3.61. The number of nitriles is 1. The van der Waals surface area contributed by atoms with Gasteiger partial charge in [-0.25, -0.2) is 0 Å². The molecule has 0 saturated heterocycles. The summed E-state index contributed by atoms with van der Waals surface area (Å²) in [6.07, 6.45) is 2.08. The van der Waals surface area contributed by atoms with Gasteiger partial charge in [-0.15, -0.1) is 0 Å². The van der Waals surface area contributed by atoms with E-state index in [1.165, 1.54) is 0 Å². The Morgan fingerprint density at radius 1 is 1.53 bits per heavy atom. The molecular formula is C12H16N2S. The van der Waals surface area contributed by atoms with Crippen LogP contribution in [0.15, 0.2) is 18.2 Å². The molecule has 0 aliphatic carbocycles. The number of hydrogen-bond acceptors (Lipinski definition) is 3. The van der Waals surface area contributed by atoms with Crippen molar-refractivity contribution < 1.29 is 0 Å². The van der Waals surface area contributed by atoms with E-state index in [1.807, 2.05) is 25.1 Å². The Morgan fingerprint density at radius 2 is 2.27 bits per heavy atom. The van der Waals surface area contributed by atoms with Crippen LogP contribution in [0.25, 0.3) is 0 Å². The first-order chi connectivity index (χ1) is 7.19. The number of nitrogens with one attached hydrogen (secondary N) is 1. The molecule has 0 aliphatic heterocycles. The third kappa shape index (κ3) is 3.17. The molecule has 0 bridgehead atoms. The highest BCUT2D eigenvalue weighted by Crippen LogP contribution is 2.21. The Kier molecular flexibility index (Phi) is 4.51. The van der Waals surface area contributed by atoms with Gasteiger partial charge in [0.25, 0.3) is 0 Å². The number of para-hydroxylation sites is 1. The molecule has 80 valence electrons. The van der Waals surface area contributed by atoms with Crippen LogP contribution in [0.4, 0.5) is 5.69 Å². The normalized spacial score (nSPS) is 11.9. The minimum absolute atomic E-state index is 0.383. The van der Waals surface area contributed by atoms with E-state index in [0.29, 0.717) is 6.04 Å². The molecule has 0 radical (unpaired) electrons. The van der Waals surface area contributed by atoms with Crippen molar-refractivity contribution in [1.82, 2.24) is 0 Å². The van der Waals surface area contributed by atoms with E-state index in [1.54, 1.807) is 11.8 Å². The second kappa shape index (κ2) is 5.67. The van der Waals surface area contributed by atoms with Crippen molar-refractivity contribution >= 4 is 17.4 Å². The van der Waals surface area contributed by atoms with E-state index in [9.17, 15) is 0 Å².